The number of rotatable bonds is 8. The molecule has 1 rings (SSSR count). The fraction of sp³-hybridized carbons (Fsp3) is 0.684. The summed E-state index contributed by atoms with van der Waals surface area (Å²) < 4.78 is 7.59. The van der Waals surface area contributed by atoms with Crippen molar-refractivity contribution in [3.05, 3.63) is 24.5 Å². The molecule has 0 saturated carbocycles. The van der Waals surface area contributed by atoms with Crippen molar-refractivity contribution in [1.29, 1.82) is 0 Å². The fourth-order valence-electron chi connectivity index (χ4n) is 2.38. The fourth-order valence-corrected chi connectivity index (χ4v) is 2.38. The highest BCUT2D eigenvalue weighted by molar-refractivity contribution is 14.0. The van der Waals surface area contributed by atoms with Crippen LogP contribution in [0.3, 0.4) is 0 Å². The summed E-state index contributed by atoms with van der Waals surface area (Å²) in [4.78, 5) is 18.3. The molecular weight excluding hydrogens is 457 g/mol. The van der Waals surface area contributed by atoms with Gasteiger partial charge in [0.25, 0.3) is 0 Å². The van der Waals surface area contributed by atoms with Crippen molar-refractivity contribution in [3.8, 4) is 0 Å². The normalized spacial score (nSPS) is 11.7. The molecule has 7 nitrogen and oxygen atoms in total. The Morgan fingerprint density at radius 1 is 1.19 bits per heavy atom. The minimum absolute atomic E-state index is 0. The van der Waals surface area contributed by atoms with Gasteiger partial charge in [-0.25, -0.2) is 4.79 Å². The van der Waals surface area contributed by atoms with E-state index in [0.29, 0.717) is 6.54 Å². The standard InChI is InChI=1S/C19H35N5O2.HI/c1-16(2)24(18(25)26-19(3,4)5)14-9-10-21-17(20-6)22-11-15-23-12-7-8-13-23;/h7-8,12-13,16H,9-11,14-15H2,1-6H3,(H2,20,21,22);1H. The second-order valence-electron chi connectivity index (χ2n) is 7.47. The Labute approximate surface area is 180 Å². The lowest BCUT2D eigenvalue weighted by molar-refractivity contribution is 0.0190. The summed E-state index contributed by atoms with van der Waals surface area (Å²) in [6, 6.07) is 4.13. The second-order valence-corrected chi connectivity index (χ2v) is 7.47. The van der Waals surface area contributed by atoms with Crippen molar-refractivity contribution in [2.75, 3.05) is 26.7 Å². The maximum Gasteiger partial charge on any atom is 0.410 e. The van der Waals surface area contributed by atoms with Gasteiger partial charge in [0.05, 0.1) is 0 Å². The molecule has 2 N–H and O–H groups in total. The minimum atomic E-state index is -0.478. The molecule has 0 unspecified atom stereocenters. The van der Waals surface area contributed by atoms with Crippen LogP contribution in [0.5, 0.6) is 0 Å². The Morgan fingerprint density at radius 3 is 2.30 bits per heavy atom. The zero-order valence-electron chi connectivity index (χ0n) is 17.5. The molecule has 1 heterocycles. The number of aromatic nitrogens is 1. The third kappa shape index (κ3) is 11.1. The third-order valence-corrected chi connectivity index (χ3v) is 3.67. The highest BCUT2D eigenvalue weighted by atomic mass is 127. The van der Waals surface area contributed by atoms with E-state index in [0.717, 1.165) is 32.0 Å². The van der Waals surface area contributed by atoms with E-state index in [1.54, 1.807) is 11.9 Å². The molecular formula is C19H36IN5O2. The maximum absolute atomic E-state index is 12.3. The number of amides is 1. The number of carbonyl (C=O) groups is 1. The molecule has 0 aliphatic heterocycles. The molecule has 0 fully saturated rings. The molecule has 0 spiro atoms. The molecule has 0 atom stereocenters. The smallest absolute Gasteiger partial charge is 0.410 e. The molecule has 27 heavy (non-hydrogen) atoms. The molecule has 1 aromatic rings. The summed E-state index contributed by atoms with van der Waals surface area (Å²) in [5.74, 6) is 0.769. The molecule has 0 aromatic carbocycles. The third-order valence-electron chi connectivity index (χ3n) is 3.67. The molecule has 0 bridgehead atoms. The van der Waals surface area contributed by atoms with Crippen LogP contribution in [0.15, 0.2) is 29.5 Å². The molecule has 0 aliphatic rings. The van der Waals surface area contributed by atoms with E-state index in [1.165, 1.54) is 0 Å². The monoisotopic (exact) mass is 493 g/mol. The zero-order valence-corrected chi connectivity index (χ0v) is 19.8. The van der Waals surface area contributed by atoms with Crippen molar-refractivity contribution < 1.29 is 9.53 Å². The van der Waals surface area contributed by atoms with Gasteiger partial charge in [-0.1, -0.05) is 0 Å². The van der Waals surface area contributed by atoms with Crippen LogP contribution in [0.4, 0.5) is 4.79 Å². The van der Waals surface area contributed by atoms with E-state index in [4.69, 9.17) is 4.74 Å². The van der Waals surface area contributed by atoms with Crippen LogP contribution in [0.2, 0.25) is 0 Å². The molecule has 0 aliphatic carbocycles. The van der Waals surface area contributed by atoms with Gasteiger partial charge in [0, 0.05) is 51.7 Å². The first-order valence-corrected chi connectivity index (χ1v) is 9.28. The van der Waals surface area contributed by atoms with E-state index in [9.17, 15) is 4.79 Å². The van der Waals surface area contributed by atoms with E-state index >= 15 is 0 Å². The van der Waals surface area contributed by atoms with Gasteiger partial charge >= 0.3 is 6.09 Å². The van der Waals surface area contributed by atoms with Gasteiger partial charge in [-0.3, -0.25) is 4.99 Å². The quantitative estimate of drug-likeness (QED) is 0.252. The SMILES string of the molecule is CN=C(NCCCN(C(=O)OC(C)(C)C)C(C)C)NCCn1cccc1.I. The van der Waals surface area contributed by atoms with Crippen molar-refractivity contribution in [2.24, 2.45) is 4.99 Å². The summed E-state index contributed by atoms with van der Waals surface area (Å²) in [7, 11) is 1.76. The van der Waals surface area contributed by atoms with E-state index < -0.39 is 5.60 Å². The lowest BCUT2D eigenvalue weighted by atomic mass is 10.2. The average molecular weight is 493 g/mol. The predicted molar refractivity (Wildman–Crippen MR) is 122 cm³/mol. The lowest BCUT2D eigenvalue weighted by Crippen LogP contribution is -2.43. The second kappa shape index (κ2) is 12.9. The van der Waals surface area contributed by atoms with Crippen molar-refractivity contribution in [3.63, 3.8) is 0 Å². The van der Waals surface area contributed by atoms with Gasteiger partial charge in [0.1, 0.15) is 5.60 Å². The van der Waals surface area contributed by atoms with Crippen LogP contribution in [0.1, 0.15) is 41.0 Å². The minimum Gasteiger partial charge on any atom is -0.444 e. The largest absolute Gasteiger partial charge is 0.444 e. The number of hydrogen-bond donors (Lipinski definition) is 2. The number of ether oxygens (including phenoxy) is 1. The first kappa shape index (κ1) is 25.6. The average Bonchev–Trinajstić information content (AvgIpc) is 3.04. The van der Waals surface area contributed by atoms with E-state index in [1.807, 2.05) is 59.1 Å². The number of nitrogens with zero attached hydrogens (tertiary/aromatic N) is 3. The number of guanidine groups is 1. The molecule has 1 aromatic heterocycles. The predicted octanol–water partition coefficient (Wildman–Crippen LogP) is 3.31. The van der Waals surface area contributed by atoms with Gasteiger partial charge in [0.2, 0.25) is 0 Å². The summed E-state index contributed by atoms with van der Waals surface area (Å²) in [6.45, 7) is 12.7. The van der Waals surface area contributed by atoms with E-state index in [-0.39, 0.29) is 36.1 Å². The molecule has 1 amide bonds. The van der Waals surface area contributed by atoms with Crippen molar-refractivity contribution in [2.45, 2.75) is 59.2 Å². The summed E-state index contributed by atoms with van der Waals surface area (Å²) >= 11 is 0. The number of aliphatic imine (C=N–C) groups is 1. The van der Waals surface area contributed by atoms with Crippen LogP contribution in [0, 0.1) is 0 Å². The number of hydrogen-bond acceptors (Lipinski definition) is 3. The Balaban J connectivity index is 0.00000676. The Hall–Kier alpha value is -1.45. The van der Waals surface area contributed by atoms with Crippen LogP contribution in [0.25, 0.3) is 0 Å². The van der Waals surface area contributed by atoms with Crippen molar-refractivity contribution >= 4 is 36.0 Å². The van der Waals surface area contributed by atoms with Gasteiger partial charge in [-0.15, -0.1) is 24.0 Å². The number of carbonyl (C=O) groups excluding carboxylic acids is 1. The van der Waals surface area contributed by atoms with Crippen LogP contribution >= 0.6 is 24.0 Å². The number of halogens is 1. The molecule has 8 heteroatoms. The molecule has 156 valence electrons. The maximum atomic E-state index is 12.3. The summed E-state index contributed by atoms with van der Waals surface area (Å²) in [5, 5.41) is 6.57. The number of nitrogens with one attached hydrogen (secondary N) is 2. The first-order chi connectivity index (χ1) is 12.2. The highest BCUT2D eigenvalue weighted by Crippen LogP contribution is 2.12. The topological polar surface area (TPSA) is 70.9 Å². The van der Waals surface area contributed by atoms with Crippen molar-refractivity contribution in [1.82, 2.24) is 20.1 Å². The van der Waals surface area contributed by atoms with Crippen LogP contribution in [-0.2, 0) is 11.3 Å². The van der Waals surface area contributed by atoms with Crippen LogP contribution in [-0.4, -0.2) is 59.8 Å². The van der Waals surface area contributed by atoms with Gasteiger partial charge in [0.15, 0.2) is 5.96 Å². The van der Waals surface area contributed by atoms with Gasteiger partial charge in [-0.2, -0.15) is 0 Å². The Kier molecular flexibility index (Phi) is 12.2. The van der Waals surface area contributed by atoms with Gasteiger partial charge in [-0.05, 0) is 53.2 Å². The lowest BCUT2D eigenvalue weighted by Gasteiger charge is -2.30. The summed E-state index contributed by atoms with van der Waals surface area (Å²) in [6.07, 6.45) is 4.63. The van der Waals surface area contributed by atoms with E-state index in [2.05, 4.69) is 20.2 Å². The van der Waals surface area contributed by atoms with Crippen LogP contribution < -0.4 is 10.6 Å². The molecule has 0 saturated heterocycles. The molecule has 0 radical (unpaired) electrons. The summed E-state index contributed by atoms with van der Waals surface area (Å²) in [5.41, 5.74) is -0.478. The highest BCUT2D eigenvalue weighted by Gasteiger charge is 2.23. The Bertz CT molecular complexity index is 553. The first-order valence-electron chi connectivity index (χ1n) is 9.28. The Morgan fingerprint density at radius 2 is 1.78 bits per heavy atom. The van der Waals surface area contributed by atoms with Gasteiger partial charge < -0.3 is 24.8 Å². The zero-order chi connectivity index (χ0) is 19.6.